The minimum Gasteiger partial charge on any atom is -0.368 e. The third kappa shape index (κ3) is 3.41. The van der Waals surface area contributed by atoms with Gasteiger partial charge in [-0.2, -0.15) is 0 Å². The van der Waals surface area contributed by atoms with E-state index in [0.29, 0.717) is 12.2 Å². The largest absolute Gasteiger partial charge is 0.368 e. The van der Waals surface area contributed by atoms with E-state index in [4.69, 9.17) is 5.73 Å². The highest BCUT2D eigenvalue weighted by atomic mass is 16.1. The quantitative estimate of drug-likeness (QED) is 0.774. The lowest BCUT2D eigenvalue weighted by Gasteiger charge is -2.07. The molecule has 1 heterocycles. The topological polar surface area (TPSA) is 80.9 Å². The molecule has 3 rings (SSSR count). The van der Waals surface area contributed by atoms with Gasteiger partial charge in [-0.05, 0) is 24.1 Å². The van der Waals surface area contributed by atoms with Crippen molar-refractivity contribution in [1.82, 2.24) is 15.3 Å². The minimum absolute atomic E-state index is 0.0842. The second-order valence-electron chi connectivity index (χ2n) is 5.30. The Balaban J connectivity index is 1.93. The van der Waals surface area contributed by atoms with Gasteiger partial charge in [0.25, 0.3) is 5.91 Å². The van der Waals surface area contributed by atoms with Crippen molar-refractivity contribution < 1.29 is 4.79 Å². The molecule has 0 radical (unpaired) electrons. The number of hydrogen-bond donors (Lipinski definition) is 2. The first-order valence-corrected chi connectivity index (χ1v) is 7.76. The van der Waals surface area contributed by atoms with Gasteiger partial charge in [-0.25, -0.2) is 9.97 Å². The normalized spacial score (nSPS) is 10.4. The zero-order chi connectivity index (χ0) is 16.9. The summed E-state index contributed by atoms with van der Waals surface area (Å²) < 4.78 is 0. The van der Waals surface area contributed by atoms with Crippen LogP contribution in [0, 0.1) is 0 Å². The molecule has 0 unspecified atom stereocenters. The molecule has 3 N–H and O–H groups in total. The highest BCUT2D eigenvalue weighted by Gasteiger charge is 2.11. The molecule has 5 heteroatoms. The van der Waals surface area contributed by atoms with E-state index in [0.717, 1.165) is 16.7 Å². The van der Waals surface area contributed by atoms with Crippen molar-refractivity contribution in [2.45, 2.75) is 6.92 Å². The van der Waals surface area contributed by atoms with Crippen LogP contribution in [0.5, 0.6) is 0 Å². The van der Waals surface area contributed by atoms with Crippen molar-refractivity contribution in [2.24, 2.45) is 0 Å². The zero-order valence-electron chi connectivity index (χ0n) is 13.4. The summed E-state index contributed by atoms with van der Waals surface area (Å²) >= 11 is 0. The average molecular weight is 318 g/mol. The lowest BCUT2D eigenvalue weighted by atomic mass is 10.0. The Labute approximate surface area is 140 Å². The van der Waals surface area contributed by atoms with Gasteiger partial charge in [0.2, 0.25) is 5.95 Å². The molecule has 5 nitrogen and oxygen atoms in total. The fourth-order valence-electron chi connectivity index (χ4n) is 2.45. The molecule has 2 aromatic carbocycles. The molecule has 0 spiro atoms. The van der Waals surface area contributed by atoms with Gasteiger partial charge >= 0.3 is 0 Å². The molecule has 0 aliphatic carbocycles. The lowest BCUT2D eigenvalue weighted by molar-refractivity contribution is 0.0951. The summed E-state index contributed by atoms with van der Waals surface area (Å²) in [6.45, 7) is 2.38. The Morgan fingerprint density at radius 2 is 1.58 bits per heavy atom. The van der Waals surface area contributed by atoms with Crippen LogP contribution in [-0.4, -0.2) is 22.4 Å². The van der Waals surface area contributed by atoms with Crippen LogP contribution < -0.4 is 11.1 Å². The number of anilines is 1. The molecular weight excluding hydrogens is 300 g/mol. The van der Waals surface area contributed by atoms with Gasteiger partial charge in [0, 0.05) is 12.1 Å². The SMILES string of the molecule is CCNC(=O)c1cc(-c2ccc(-c3ccccc3)cc2)nc(N)n1. The summed E-state index contributed by atoms with van der Waals surface area (Å²) in [6.07, 6.45) is 0. The molecular formula is C19H18N4O. The second-order valence-corrected chi connectivity index (χ2v) is 5.30. The second kappa shape index (κ2) is 6.91. The van der Waals surface area contributed by atoms with Crippen LogP contribution in [0.15, 0.2) is 60.7 Å². The molecule has 1 amide bonds. The van der Waals surface area contributed by atoms with Gasteiger partial charge in [-0.1, -0.05) is 54.6 Å². The summed E-state index contributed by atoms with van der Waals surface area (Å²) in [5.41, 5.74) is 9.79. The van der Waals surface area contributed by atoms with Crippen molar-refractivity contribution >= 4 is 11.9 Å². The van der Waals surface area contributed by atoms with Crippen molar-refractivity contribution in [2.75, 3.05) is 12.3 Å². The fraction of sp³-hybridized carbons (Fsp3) is 0.105. The summed E-state index contributed by atoms with van der Waals surface area (Å²) in [5.74, 6) is -0.172. The summed E-state index contributed by atoms with van der Waals surface area (Å²) in [7, 11) is 0. The molecule has 0 bridgehead atoms. The van der Waals surface area contributed by atoms with E-state index in [1.165, 1.54) is 0 Å². The Morgan fingerprint density at radius 1 is 0.958 bits per heavy atom. The number of carbonyl (C=O) groups is 1. The standard InChI is InChI=1S/C19H18N4O/c1-2-21-18(24)17-12-16(22-19(20)23-17)15-10-8-14(9-11-15)13-6-4-3-5-7-13/h3-12H,2H2,1H3,(H,21,24)(H2,20,22,23). The minimum atomic E-state index is -0.256. The number of nitrogen functional groups attached to an aromatic ring is 1. The maximum absolute atomic E-state index is 12.0. The van der Waals surface area contributed by atoms with E-state index in [2.05, 4.69) is 27.4 Å². The molecule has 120 valence electrons. The number of nitrogens with two attached hydrogens (primary N) is 1. The van der Waals surface area contributed by atoms with E-state index in [1.807, 2.05) is 49.4 Å². The summed E-state index contributed by atoms with van der Waals surface area (Å²) in [4.78, 5) is 20.2. The Hall–Kier alpha value is -3.21. The number of nitrogens with one attached hydrogen (secondary N) is 1. The van der Waals surface area contributed by atoms with E-state index < -0.39 is 0 Å². The fourth-order valence-corrected chi connectivity index (χ4v) is 2.45. The number of carbonyl (C=O) groups excluding carboxylic acids is 1. The molecule has 3 aromatic rings. The van der Waals surface area contributed by atoms with Gasteiger partial charge in [-0.3, -0.25) is 4.79 Å². The van der Waals surface area contributed by atoms with E-state index in [9.17, 15) is 4.79 Å². The molecule has 0 aliphatic heterocycles. The Kier molecular flexibility index (Phi) is 4.52. The monoisotopic (exact) mass is 318 g/mol. The number of amides is 1. The molecule has 1 aromatic heterocycles. The molecule has 0 aliphatic rings. The number of nitrogens with zero attached hydrogens (tertiary/aromatic N) is 2. The van der Waals surface area contributed by atoms with Crippen molar-refractivity contribution in [3.05, 3.63) is 66.4 Å². The first kappa shape index (κ1) is 15.7. The van der Waals surface area contributed by atoms with Crippen molar-refractivity contribution in [1.29, 1.82) is 0 Å². The van der Waals surface area contributed by atoms with Gasteiger partial charge in [-0.15, -0.1) is 0 Å². The highest BCUT2D eigenvalue weighted by molar-refractivity contribution is 5.93. The molecule has 0 atom stereocenters. The maximum Gasteiger partial charge on any atom is 0.270 e. The van der Waals surface area contributed by atoms with Gasteiger partial charge < -0.3 is 11.1 Å². The molecule has 0 fully saturated rings. The number of rotatable bonds is 4. The van der Waals surface area contributed by atoms with Crippen molar-refractivity contribution in [3.8, 4) is 22.4 Å². The van der Waals surface area contributed by atoms with Crippen LogP contribution in [0.4, 0.5) is 5.95 Å². The van der Waals surface area contributed by atoms with Crippen molar-refractivity contribution in [3.63, 3.8) is 0 Å². The Bertz CT molecular complexity index is 845. The van der Waals surface area contributed by atoms with Gasteiger partial charge in [0.05, 0.1) is 5.69 Å². The molecule has 0 saturated carbocycles. The third-order valence-electron chi connectivity index (χ3n) is 3.60. The van der Waals surface area contributed by atoms with Crippen LogP contribution in [0.25, 0.3) is 22.4 Å². The molecule has 24 heavy (non-hydrogen) atoms. The predicted octanol–water partition coefficient (Wildman–Crippen LogP) is 3.14. The number of hydrogen-bond acceptors (Lipinski definition) is 4. The Morgan fingerprint density at radius 3 is 2.25 bits per heavy atom. The number of benzene rings is 2. The van der Waals surface area contributed by atoms with Crippen LogP contribution in [0.1, 0.15) is 17.4 Å². The van der Waals surface area contributed by atoms with Crippen LogP contribution in [0.2, 0.25) is 0 Å². The average Bonchev–Trinajstić information content (AvgIpc) is 2.62. The van der Waals surface area contributed by atoms with Crippen LogP contribution in [-0.2, 0) is 0 Å². The van der Waals surface area contributed by atoms with Gasteiger partial charge in [0.15, 0.2) is 0 Å². The first-order chi connectivity index (χ1) is 11.7. The van der Waals surface area contributed by atoms with E-state index >= 15 is 0 Å². The van der Waals surface area contributed by atoms with Crippen LogP contribution >= 0.6 is 0 Å². The van der Waals surface area contributed by atoms with Crippen LogP contribution in [0.3, 0.4) is 0 Å². The van der Waals surface area contributed by atoms with E-state index in [-0.39, 0.29) is 17.5 Å². The maximum atomic E-state index is 12.0. The zero-order valence-corrected chi connectivity index (χ0v) is 13.4. The smallest absolute Gasteiger partial charge is 0.270 e. The molecule has 0 saturated heterocycles. The highest BCUT2D eigenvalue weighted by Crippen LogP contribution is 2.24. The third-order valence-corrected chi connectivity index (χ3v) is 3.60. The summed E-state index contributed by atoms with van der Waals surface area (Å²) in [5, 5.41) is 2.71. The van der Waals surface area contributed by atoms with Gasteiger partial charge in [0.1, 0.15) is 5.69 Å². The lowest BCUT2D eigenvalue weighted by Crippen LogP contribution is -2.24. The number of aromatic nitrogens is 2. The first-order valence-electron chi connectivity index (χ1n) is 7.76. The van der Waals surface area contributed by atoms with E-state index in [1.54, 1.807) is 6.07 Å². The predicted molar refractivity (Wildman–Crippen MR) is 95.3 cm³/mol. The summed E-state index contributed by atoms with van der Waals surface area (Å²) in [6, 6.07) is 19.7.